The van der Waals surface area contributed by atoms with Crippen LogP contribution in [-0.2, 0) is 16.6 Å². The molecule has 1 aliphatic heterocycles. The van der Waals surface area contributed by atoms with Gasteiger partial charge >= 0.3 is 0 Å². The summed E-state index contributed by atoms with van der Waals surface area (Å²) in [6, 6.07) is 5.84. The fourth-order valence-corrected chi connectivity index (χ4v) is 6.14. The quantitative estimate of drug-likeness (QED) is 0.701. The Morgan fingerprint density at radius 3 is 2.89 bits per heavy atom. The molecule has 7 nitrogen and oxygen atoms in total. The first kappa shape index (κ1) is 18.5. The normalized spacial score (nSPS) is 19.0. The van der Waals surface area contributed by atoms with Crippen LogP contribution >= 0.6 is 11.3 Å². The fraction of sp³-hybridized carbons (Fsp3) is 0.444. The third-order valence-corrected chi connectivity index (χ3v) is 7.48. The summed E-state index contributed by atoms with van der Waals surface area (Å²) < 4.78 is 34.0. The molecule has 27 heavy (non-hydrogen) atoms. The molecule has 1 aliphatic rings. The van der Waals surface area contributed by atoms with Crippen LogP contribution in [0.25, 0.3) is 11.0 Å². The van der Waals surface area contributed by atoms with Gasteiger partial charge in [0.25, 0.3) is 0 Å². The molecular weight excluding hydrogens is 384 g/mol. The van der Waals surface area contributed by atoms with Crippen LogP contribution in [0.5, 0.6) is 0 Å². The Hall–Kier alpha value is -1.81. The molecule has 0 spiro atoms. The minimum atomic E-state index is -3.73. The highest BCUT2D eigenvalue weighted by Crippen LogP contribution is 2.27. The first-order valence-corrected chi connectivity index (χ1v) is 11.3. The predicted octanol–water partition coefficient (Wildman–Crippen LogP) is 2.84. The zero-order valence-electron chi connectivity index (χ0n) is 15.3. The van der Waals surface area contributed by atoms with Crippen LogP contribution in [0.2, 0.25) is 0 Å². The van der Waals surface area contributed by atoms with E-state index in [-0.39, 0.29) is 10.9 Å². The van der Waals surface area contributed by atoms with E-state index in [4.69, 9.17) is 4.63 Å². The lowest BCUT2D eigenvalue weighted by atomic mass is 10.1. The summed E-state index contributed by atoms with van der Waals surface area (Å²) >= 11 is 1.73. The van der Waals surface area contributed by atoms with Gasteiger partial charge in [0.1, 0.15) is 10.4 Å². The number of hydrogen-bond donors (Lipinski definition) is 1. The molecule has 9 heteroatoms. The number of sulfonamides is 1. The van der Waals surface area contributed by atoms with Crippen molar-refractivity contribution in [3.05, 3.63) is 39.6 Å². The van der Waals surface area contributed by atoms with Gasteiger partial charge in [0.15, 0.2) is 5.52 Å². The number of nitrogens with zero attached hydrogens (tertiary/aromatic N) is 3. The first-order chi connectivity index (χ1) is 12.9. The maximum Gasteiger partial charge on any atom is 0.243 e. The van der Waals surface area contributed by atoms with Crippen molar-refractivity contribution in [2.45, 2.75) is 44.2 Å². The number of benzene rings is 1. The summed E-state index contributed by atoms with van der Waals surface area (Å²) in [5, 5.41) is 9.77. The molecule has 0 bridgehead atoms. The second-order valence-electron chi connectivity index (χ2n) is 7.08. The van der Waals surface area contributed by atoms with Gasteiger partial charge in [-0.25, -0.2) is 17.8 Å². The minimum Gasteiger partial charge on any atom is -0.297 e. The van der Waals surface area contributed by atoms with Crippen LogP contribution in [0.1, 0.15) is 28.8 Å². The van der Waals surface area contributed by atoms with E-state index in [0.29, 0.717) is 23.1 Å². The van der Waals surface area contributed by atoms with Crippen molar-refractivity contribution in [1.82, 2.24) is 19.9 Å². The molecule has 1 saturated heterocycles. The Morgan fingerprint density at radius 2 is 2.11 bits per heavy atom. The summed E-state index contributed by atoms with van der Waals surface area (Å²) in [7, 11) is -3.73. The van der Waals surface area contributed by atoms with Crippen LogP contribution in [0.3, 0.4) is 0 Å². The number of piperidine rings is 1. The van der Waals surface area contributed by atoms with E-state index in [0.717, 1.165) is 31.5 Å². The predicted molar refractivity (Wildman–Crippen MR) is 104 cm³/mol. The molecule has 3 heterocycles. The van der Waals surface area contributed by atoms with E-state index < -0.39 is 10.0 Å². The molecule has 144 valence electrons. The average Bonchev–Trinajstić information content (AvgIpc) is 3.26. The molecule has 2 aromatic heterocycles. The third-order valence-electron chi connectivity index (χ3n) is 4.92. The zero-order chi connectivity index (χ0) is 19.0. The van der Waals surface area contributed by atoms with E-state index in [1.54, 1.807) is 18.3 Å². The van der Waals surface area contributed by atoms with E-state index in [9.17, 15) is 8.42 Å². The van der Waals surface area contributed by atoms with Crippen molar-refractivity contribution < 1.29 is 13.0 Å². The fourth-order valence-electron chi connectivity index (χ4n) is 3.78. The smallest absolute Gasteiger partial charge is 0.243 e. The van der Waals surface area contributed by atoms with Gasteiger partial charge in [0, 0.05) is 24.0 Å². The minimum absolute atomic E-state index is 0.126. The SMILES string of the molecule is Cc1cc(C)c2nonc2c1S(=O)(=O)NC1CCCN(Cc2cccs2)C1. The maximum absolute atomic E-state index is 13.1. The van der Waals surface area contributed by atoms with Gasteiger partial charge in [0.05, 0.1) is 0 Å². The van der Waals surface area contributed by atoms with E-state index in [1.165, 1.54) is 4.88 Å². The Balaban J connectivity index is 1.56. The van der Waals surface area contributed by atoms with Gasteiger partial charge in [-0.1, -0.05) is 12.1 Å². The second-order valence-corrected chi connectivity index (χ2v) is 9.76. The highest BCUT2D eigenvalue weighted by atomic mass is 32.2. The average molecular weight is 407 g/mol. The van der Waals surface area contributed by atoms with Crippen molar-refractivity contribution in [1.29, 1.82) is 0 Å². The first-order valence-electron chi connectivity index (χ1n) is 8.93. The molecule has 4 rings (SSSR count). The van der Waals surface area contributed by atoms with E-state index in [2.05, 4.69) is 31.4 Å². The number of thiophene rings is 1. The largest absolute Gasteiger partial charge is 0.297 e. The monoisotopic (exact) mass is 406 g/mol. The lowest BCUT2D eigenvalue weighted by Crippen LogP contribution is -2.47. The number of hydrogen-bond acceptors (Lipinski definition) is 7. The Morgan fingerprint density at radius 1 is 1.30 bits per heavy atom. The molecule has 1 atom stereocenters. The molecule has 1 aromatic carbocycles. The molecule has 1 unspecified atom stereocenters. The number of rotatable bonds is 5. The maximum atomic E-state index is 13.1. The highest BCUT2D eigenvalue weighted by Gasteiger charge is 2.29. The summed E-state index contributed by atoms with van der Waals surface area (Å²) in [5.41, 5.74) is 2.28. The van der Waals surface area contributed by atoms with Crippen LogP contribution in [0.15, 0.2) is 33.1 Å². The molecule has 1 N–H and O–H groups in total. The van der Waals surface area contributed by atoms with Gasteiger partial charge in [-0.05, 0) is 66.1 Å². The number of nitrogens with one attached hydrogen (secondary N) is 1. The molecule has 0 saturated carbocycles. The lowest BCUT2D eigenvalue weighted by Gasteiger charge is -2.32. The molecule has 0 amide bonds. The van der Waals surface area contributed by atoms with Crippen molar-refractivity contribution in [3.63, 3.8) is 0 Å². The molecule has 0 radical (unpaired) electrons. The standard InChI is InChI=1S/C18H22N4O3S2/c1-12-9-13(2)18(17-16(12)19-25-20-17)27(23,24)21-14-5-3-7-22(10-14)11-15-6-4-8-26-15/h4,6,8-9,14,21H,3,5,7,10-11H2,1-2H3. The van der Waals surface area contributed by atoms with E-state index in [1.807, 2.05) is 19.1 Å². The van der Waals surface area contributed by atoms with Crippen LogP contribution in [0.4, 0.5) is 0 Å². The van der Waals surface area contributed by atoms with Crippen LogP contribution in [-0.4, -0.2) is 42.8 Å². The number of aromatic nitrogens is 2. The van der Waals surface area contributed by atoms with Crippen LogP contribution < -0.4 is 4.72 Å². The molecule has 3 aromatic rings. The second kappa shape index (κ2) is 7.31. The van der Waals surface area contributed by atoms with Crippen molar-refractivity contribution >= 4 is 32.4 Å². The zero-order valence-corrected chi connectivity index (χ0v) is 16.9. The number of likely N-dealkylation sites (tertiary alicyclic amines) is 1. The Kier molecular flexibility index (Phi) is 5.02. The van der Waals surface area contributed by atoms with Crippen molar-refractivity contribution in [2.75, 3.05) is 13.1 Å². The van der Waals surface area contributed by atoms with Gasteiger partial charge < -0.3 is 0 Å². The van der Waals surface area contributed by atoms with Crippen molar-refractivity contribution in [3.8, 4) is 0 Å². The summed E-state index contributed by atoms with van der Waals surface area (Å²) in [6.07, 6.45) is 1.79. The van der Waals surface area contributed by atoms with Gasteiger partial charge in [0.2, 0.25) is 10.0 Å². The topological polar surface area (TPSA) is 88.3 Å². The molecular formula is C18H22N4O3S2. The summed E-state index contributed by atoms with van der Waals surface area (Å²) in [5.74, 6) is 0. The Labute approximate surface area is 162 Å². The lowest BCUT2D eigenvalue weighted by molar-refractivity contribution is 0.196. The highest BCUT2D eigenvalue weighted by molar-refractivity contribution is 7.89. The van der Waals surface area contributed by atoms with Gasteiger partial charge in [-0.15, -0.1) is 11.3 Å². The van der Waals surface area contributed by atoms with Crippen LogP contribution in [0, 0.1) is 13.8 Å². The summed E-state index contributed by atoms with van der Waals surface area (Å²) in [4.78, 5) is 3.76. The molecule has 0 aliphatic carbocycles. The number of fused-ring (bicyclic) bond motifs is 1. The number of aryl methyl sites for hydroxylation is 2. The third kappa shape index (κ3) is 3.77. The molecule has 1 fully saturated rings. The van der Waals surface area contributed by atoms with E-state index >= 15 is 0 Å². The Bertz CT molecular complexity index is 1040. The van der Waals surface area contributed by atoms with Gasteiger partial charge in [-0.3, -0.25) is 4.90 Å². The van der Waals surface area contributed by atoms with Gasteiger partial charge in [-0.2, -0.15) is 0 Å². The van der Waals surface area contributed by atoms with Crippen molar-refractivity contribution in [2.24, 2.45) is 0 Å². The summed E-state index contributed by atoms with van der Waals surface area (Å²) in [6.45, 7) is 6.18.